The molecule has 0 aromatic heterocycles. The molecule has 0 spiro atoms. The van der Waals surface area contributed by atoms with Crippen LogP contribution in [-0.2, 0) is 0 Å². The number of fused-ring (bicyclic) bond motifs is 2. The van der Waals surface area contributed by atoms with Gasteiger partial charge in [0.05, 0.1) is 0 Å². The van der Waals surface area contributed by atoms with E-state index in [1.807, 2.05) is 24.3 Å². The number of amides is 1. The summed E-state index contributed by atoms with van der Waals surface area (Å²) in [5, 5.41) is 3.43. The van der Waals surface area contributed by atoms with Crippen LogP contribution in [0.5, 0.6) is 0 Å². The number of carbonyl (C=O) groups is 1. The van der Waals surface area contributed by atoms with Crippen LogP contribution in [0.2, 0.25) is 0 Å². The zero-order valence-corrected chi connectivity index (χ0v) is 13.6. The Kier molecular flexibility index (Phi) is 5.09. The number of benzene rings is 1. The van der Waals surface area contributed by atoms with Crippen molar-refractivity contribution in [3.63, 3.8) is 0 Å². The molecule has 3 nitrogen and oxygen atoms in total. The zero-order chi connectivity index (χ0) is 12.5. The van der Waals surface area contributed by atoms with Gasteiger partial charge in [-0.25, -0.2) is 0 Å². The van der Waals surface area contributed by atoms with Crippen LogP contribution in [0.3, 0.4) is 0 Å². The SMILES string of the molecule is Cl.O=C(c1ccc(I)cc1)N1C2CCNCC1CC2. The zero-order valence-electron chi connectivity index (χ0n) is 10.6. The Morgan fingerprint density at radius 2 is 1.84 bits per heavy atom. The van der Waals surface area contributed by atoms with E-state index in [1.165, 1.54) is 9.99 Å². The first-order valence-electron chi connectivity index (χ1n) is 6.54. The predicted octanol–water partition coefficient (Wildman–Crippen LogP) is 2.68. The third-order valence-corrected chi connectivity index (χ3v) is 4.70. The number of halogens is 2. The Morgan fingerprint density at radius 1 is 1.16 bits per heavy atom. The minimum absolute atomic E-state index is 0. The van der Waals surface area contributed by atoms with Gasteiger partial charge in [0.15, 0.2) is 0 Å². The lowest BCUT2D eigenvalue weighted by molar-refractivity contribution is 0.0680. The number of nitrogens with zero attached hydrogens (tertiary/aromatic N) is 1. The Labute approximate surface area is 133 Å². The Balaban J connectivity index is 0.00000133. The molecule has 1 N–H and O–H groups in total. The monoisotopic (exact) mass is 392 g/mol. The van der Waals surface area contributed by atoms with Crippen LogP contribution >= 0.6 is 35.0 Å². The minimum Gasteiger partial charge on any atom is -0.331 e. The number of carbonyl (C=O) groups excluding carboxylic acids is 1. The van der Waals surface area contributed by atoms with E-state index < -0.39 is 0 Å². The number of rotatable bonds is 1. The molecule has 1 aromatic carbocycles. The van der Waals surface area contributed by atoms with Crippen LogP contribution in [0.4, 0.5) is 0 Å². The number of nitrogens with one attached hydrogen (secondary N) is 1. The van der Waals surface area contributed by atoms with Crippen LogP contribution in [0, 0.1) is 3.57 Å². The van der Waals surface area contributed by atoms with Gasteiger partial charge in [-0.2, -0.15) is 0 Å². The highest BCUT2D eigenvalue weighted by Crippen LogP contribution is 2.29. The lowest BCUT2D eigenvalue weighted by atomic mass is 10.1. The normalized spacial score (nSPS) is 25.6. The van der Waals surface area contributed by atoms with Crippen molar-refractivity contribution in [1.82, 2.24) is 10.2 Å². The van der Waals surface area contributed by atoms with Crippen LogP contribution < -0.4 is 5.32 Å². The average molecular weight is 393 g/mol. The van der Waals surface area contributed by atoms with Gasteiger partial charge in [-0.3, -0.25) is 4.79 Å². The standard InChI is InChI=1S/C14H17IN2O.ClH/c15-11-3-1-10(2-4-11)14(18)17-12-5-6-13(17)9-16-8-7-12;/h1-4,12-13,16H,5-9H2;1H. The van der Waals surface area contributed by atoms with Gasteiger partial charge in [0, 0.05) is 27.8 Å². The summed E-state index contributed by atoms with van der Waals surface area (Å²) in [4.78, 5) is 14.7. The summed E-state index contributed by atoms with van der Waals surface area (Å²) >= 11 is 2.27. The highest BCUT2D eigenvalue weighted by atomic mass is 127. The lowest BCUT2D eigenvalue weighted by Crippen LogP contribution is -2.42. The van der Waals surface area contributed by atoms with Gasteiger partial charge in [-0.15, -0.1) is 12.4 Å². The van der Waals surface area contributed by atoms with E-state index in [-0.39, 0.29) is 18.3 Å². The highest BCUT2D eigenvalue weighted by Gasteiger charge is 2.38. The van der Waals surface area contributed by atoms with Crippen molar-refractivity contribution >= 4 is 40.9 Å². The highest BCUT2D eigenvalue weighted by molar-refractivity contribution is 14.1. The van der Waals surface area contributed by atoms with Gasteiger partial charge in [-0.05, 0) is 72.7 Å². The maximum absolute atomic E-state index is 12.6. The fourth-order valence-electron chi connectivity index (χ4n) is 3.06. The minimum atomic E-state index is 0. The third-order valence-electron chi connectivity index (χ3n) is 3.98. The molecule has 2 saturated heterocycles. The van der Waals surface area contributed by atoms with Crippen LogP contribution in [0.1, 0.15) is 29.6 Å². The summed E-state index contributed by atoms with van der Waals surface area (Å²) in [6, 6.07) is 8.74. The molecule has 5 heteroatoms. The second kappa shape index (κ2) is 6.41. The van der Waals surface area contributed by atoms with Crippen molar-refractivity contribution < 1.29 is 4.79 Å². The molecule has 2 atom stereocenters. The van der Waals surface area contributed by atoms with Crippen molar-refractivity contribution in [2.24, 2.45) is 0 Å². The van der Waals surface area contributed by atoms with E-state index in [1.54, 1.807) is 0 Å². The van der Waals surface area contributed by atoms with E-state index >= 15 is 0 Å². The van der Waals surface area contributed by atoms with Crippen molar-refractivity contribution in [2.75, 3.05) is 13.1 Å². The van der Waals surface area contributed by atoms with Gasteiger partial charge in [0.1, 0.15) is 0 Å². The Hall–Kier alpha value is -0.330. The fraction of sp³-hybridized carbons (Fsp3) is 0.500. The molecule has 2 bridgehead atoms. The molecule has 3 rings (SSSR count). The van der Waals surface area contributed by atoms with Crippen molar-refractivity contribution in [3.8, 4) is 0 Å². The largest absolute Gasteiger partial charge is 0.331 e. The second-order valence-corrected chi connectivity index (χ2v) is 6.34. The quantitative estimate of drug-likeness (QED) is 0.745. The van der Waals surface area contributed by atoms with Crippen LogP contribution in [0.15, 0.2) is 24.3 Å². The maximum Gasteiger partial charge on any atom is 0.254 e. The second-order valence-electron chi connectivity index (χ2n) is 5.10. The first kappa shape index (κ1) is 15.1. The van der Waals surface area contributed by atoms with Crippen molar-refractivity contribution in [3.05, 3.63) is 33.4 Å². The summed E-state index contributed by atoms with van der Waals surface area (Å²) in [7, 11) is 0. The van der Waals surface area contributed by atoms with E-state index in [2.05, 4.69) is 32.8 Å². The van der Waals surface area contributed by atoms with Gasteiger partial charge >= 0.3 is 0 Å². The van der Waals surface area contributed by atoms with Gasteiger partial charge in [0.2, 0.25) is 0 Å². The summed E-state index contributed by atoms with van der Waals surface area (Å²) in [5.74, 6) is 0.211. The molecule has 2 unspecified atom stereocenters. The van der Waals surface area contributed by atoms with E-state index in [0.29, 0.717) is 12.1 Å². The molecule has 2 heterocycles. The van der Waals surface area contributed by atoms with Crippen LogP contribution in [-0.4, -0.2) is 36.0 Å². The first-order valence-corrected chi connectivity index (χ1v) is 7.62. The number of hydrogen-bond acceptors (Lipinski definition) is 2. The first-order chi connectivity index (χ1) is 8.75. The molecule has 104 valence electrons. The van der Waals surface area contributed by atoms with E-state index in [0.717, 1.165) is 31.5 Å². The smallest absolute Gasteiger partial charge is 0.254 e. The summed E-state index contributed by atoms with van der Waals surface area (Å²) < 4.78 is 1.17. The molecule has 2 fully saturated rings. The molecule has 0 aliphatic carbocycles. The maximum atomic E-state index is 12.6. The Morgan fingerprint density at radius 3 is 2.58 bits per heavy atom. The molecule has 0 radical (unpaired) electrons. The van der Waals surface area contributed by atoms with Crippen molar-refractivity contribution in [1.29, 1.82) is 0 Å². The molecular weight excluding hydrogens is 375 g/mol. The lowest BCUT2D eigenvalue weighted by Gasteiger charge is -2.28. The summed E-state index contributed by atoms with van der Waals surface area (Å²) in [5.41, 5.74) is 0.828. The molecule has 1 amide bonds. The fourth-order valence-corrected chi connectivity index (χ4v) is 3.42. The Bertz CT molecular complexity index is 437. The van der Waals surface area contributed by atoms with Gasteiger partial charge in [-0.1, -0.05) is 0 Å². The molecule has 1 aromatic rings. The van der Waals surface area contributed by atoms with E-state index in [4.69, 9.17) is 0 Å². The van der Waals surface area contributed by atoms with Crippen molar-refractivity contribution in [2.45, 2.75) is 31.3 Å². The molecule has 0 saturated carbocycles. The molecule has 2 aliphatic rings. The molecule has 19 heavy (non-hydrogen) atoms. The summed E-state index contributed by atoms with van der Waals surface area (Å²) in [6.07, 6.45) is 3.41. The average Bonchev–Trinajstić information content (AvgIpc) is 2.63. The molecule has 2 aliphatic heterocycles. The third kappa shape index (κ3) is 3.06. The van der Waals surface area contributed by atoms with E-state index in [9.17, 15) is 4.79 Å². The van der Waals surface area contributed by atoms with Crippen LogP contribution in [0.25, 0.3) is 0 Å². The number of hydrogen-bond donors (Lipinski definition) is 1. The molecular formula is C14H18ClIN2O. The van der Waals surface area contributed by atoms with Gasteiger partial charge < -0.3 is 10.2 Å². The summed E-state index contributed by atoms with van der Waals surface area (Å²) in [6.45, 7) is 1.99. The topological polar surface area (TPSA) is 32.3 Å². The predicted molar refractivity (Wildman–Crippen MR) is 86.9 cm³/mol. The van der Waals surface area contributed by atoms with Gasteiger partial charge in [0.25, 0.3) is 5.91 Å².